The Labute approximate surface area is 131 Å². The van der Waals surface area contributed by atoms with Gasteiger partial charge in [-0.3, -0.25) is 0 Å². The first kappa shape index (κ1) is 14.9. The van der Waals surface area contributed by atoms with E-state index in [-0.39, 0.29) is 5.41 Å². The topological polar surface area (TPSA) is 29.3 Å². The number of pyridine rings is 1. The molecule has 0 radical (unpaired) electrons. The molecule has 2 heterocycles. The largest absolute Gasteiger partial charge is 0.313 e. The number of fused-ring (bicyclic) bond motifs is 1. The number of nitrogens with zero attached hydrogens (tertiary/aromatic N) is 2. The number of nitrogens with one attached hydrogen (secondary N) is 1. The summed E-state index contributed by atoms with van der Waals surface area (Å²) in [6.45, 7) is 7.97. The van der Waals surface area contributed by atoms with Crippen molar-refractivity contribution < 1.29 is 0 Å². The van der Waals surface area contributed by atoms with E-state index < -0.39 is 0 Å². The Kier molecular flexibility index (Phi) is 3.98. The number of hydrogen-bond donors (Lipinski definition) is 1. The molecule has 1 aliphatic rings. The number of halogens is 1. The van der Waals surface area contributed by atoms with E-state index in [4.69, 9.17) is 11.6 Å². The van der Waals surface area contributed by atoms with Crippen molar-refractivity contribution in [3.63, 3.8) is 0 Å². The van der Waals surface area contributed by atoms with Crippen molar-refractivity contribution in [2.45, 2.75) is 52.0 Å². The fourth-order valence-electron chi connectivity index (χ4n) is 3.71. The average Bonchev–Trinajstić information content (AvgIpc) is 2.81. The van der Waals surface area contributed by atoms with Gasteiger partial charge in [0.25, 0.3) is 0 Å². The Morgan fingerprint density at radius 3 is 2.95 bits per heavy atom. The summed E-state index contributed by atoms with van der Waals surface area (Å²) in [5.41, 5.74) is 2.39. The van der Waals surface area contributed by atoms with Crippen molar-refractivity contribution in [1.29, 1.82) is 0 Å². The van der Waals surface area contributed by atoms with Crippen LogP contribution < -0.4 is 5.32 Å². The van der Waals surface area contributed by atoms with Gasteiger partial charge in [-0.2, -0.15) is 0 Å². The molecule has 3 rings (SSSR count). The zero-order valence-corrected chi connectivity index (χ0v) is 13.8. The van der Waals surface area contributed by atoms with Gasteiger partial charge in [-0.05, 0) is 43.4 Å². The highest BCUT2D eigenvalue weighted by Gasteiger charge is 2.52. The molecule has 2 aromatic heterocycles. The van der Waals surface area contributed by atoms with Crippen LogP contribution in [0.4, 0.5) is 0 Å². The van der Waals surface area contributed by atoms with Crippen LogP contribution >= 0.6 is 11.6 Å². The van der Waals surface area contributed by atoms with Crippen LogP contribution in [-0.4, -0.2) is 22.0 Å². The van der Waals surface area contributed by atoms with E-state index in [1.165, 1.54) is 12.1 Å². The zero-order valence-electron chi connectivity index (χ0n) is 13.1. The molecule has 1 fully saturated rings. The Bertz CT molecular complexity index is 636. The second kappa shape index (κ2) is 5.62. The van der Waals surface area contributed by atoms with E-state index in [1.807, 2.05) is 18.2 Å². The van der Waals surface area contributed by atoms with E-state index in [0.29, 0.717) is 17.1 Å². The zero-order chi connectivity index (χ0) is 15.0. The van der Waals surface area contributed by atoms with Gasteiger partial charge < -0.3 is 9.72 Å². The number of aromatic nitrogens is 2. The first-order chi connectivity index (χ1) is 10.1. The van der Waals surface area contributed by atoms with Crippen LogP contribution in [0.15, 0.2) is 24.4 Å². The molecule has 114 valence electrons. The average molecular weight is 306 g/mol. The van der Waals surface area contributed by atoms with Gasteiger partial charge >= 0.3 is 0 Å². The molecule has 3 nitrogen and oxygen atoms in total. The molecule has 21 heavy (non-hydrogen) atoms. The van der Waals surface area contributed by atoms with Crippen LogP contribution in [0, 0.1) is 5.41 Å². The molecular weight excluding hydrogens is 282 g/mol. The lowest BCUT2D eigenvalue weighted by Crippen LogP contribution is -2.57. The van der Waals surface area contributed by atoms with Gasteiger partial charge in [0, 0.05) is 18.2 Å². The minimum atomic E-state index is 0.255. The third-order valence-corrected chi connectivity index (χ3v) is 5.60. The molecule has 0 amide bonds. The van der Waals surface area contributed by atoms with Gasteiger partial charge in [-0.25, -0.2) is 4.98 Å². The van der Waals surface area contributed by atoms with Gasteiger partial charge in [0.2, 0.25) is 0 Å². The summed E-state index contributed by atoms with van der Waals surface area (Å²) in [7, 11) is 0. The first-order valence-electron chi connectivity index (χ1n) is 7.97. The van der Waals surface area contributed by atoms with Gasteiger partial charge in [-0.15, -0.1) is 0 Å². The van der Waals surface area contributed by atoms with E-state index in [2.05, 4.69) is 41.7 Å². The molecule has 4 heteroatoms. The highest BCUT2D eigenvalue weighted by atomic mass is 35.5. The Hall–Kier alpha value is -1.06. The predicted molar refractivity (Wildman–Crippen MR) is 88.0 cm³/mol. The van der Waals surface area contributed by atoms with Crippen LogP contribution in [0.3, 0.4) is 0 Å². The van der Waals surface area contributed by atoms with Crippen LogP contribution in [0.1, 0.15) is 51.6 Å². The lowest BCUT2D eigenvalue weighted by Gasteiger charge is -2.54. The minimum absolute atomic E-state index is 0.255. The normalized spacial score (nSPS) is 28.8. The molecule has 3 atom stereocenters. The Morgan fingerprint density at radius 2 is 2.24 bits per heavy atom. The lowest BCUT2D eigenvalue weighted by molar-refractivity contribution is 0.0417. The highest BCUT2D eigenvalue weighted by molar-refractivity contribution is 6.30. The van der Waals surface area contributed by atoms with Crippen LogP contribution in [0.25, 0.3) is 5.65 Å². The van der Waals surface area contributed by atoms with E-state index in [9.17, 15) is 0 Å². The highest BCUT2D eigenvalue weighted by Crippen LogP contribution is 2.56. The molecule has 2 aromatic rings. The van der Waals surface area contributed by atoms with Crippen molar-refractivity contribution in [3.05, 3.63) is 35.2 Å². The first-order valence-corrected chi connectivity index (χ1v) is 8.35. The van der Waals surface area contributed by atoms with E-state index >= 15 is 0 Å². The van der Waals surface area contributed by atoms with Gasteiger partial charge in [0.1, 0.15) is 5.65 Å². The quantitative estimate of drug-likeness (QED) is 0.894. The number of rotatable bonds is 5. The van der Waals surface area contributed by atoms with Crippen LogP contribution in [0.2, 0.25) is 5.15 Å². The summed E-state index contributed by atoms with van der Waals surface area (Å²) in [6, 6.07) is 6.65. The summed E-state index contributed by atoms with van der Waals surface area (Å²) >= 11 is 6.46. The fraction of sp³-hybridized carbons (Fsp3) is 0.588. The van der Waals surface area contributed by atoms with E-state index in [1.54, 1.807) is 0 Å². The minimum Gasteiger partial charge on any atom is -0.313 e. The van der Waals surface area contributed by atoms with E-state index in [0.717, 1.165) is 25.0 Å². The van der Waals surface area contributed by atoms with Crippen molar-refractivity contribution in [3.8, 4) is 0 Å². The van der Waals surface area contributed by atoms with Crippen molar-refractivity contribution in [1.82, 2.24) is 14.7 Å². The second-order valence-electron chi connectivity index (χ2n) is 6.37. The maximum Gasteiger partial charge on any atom is 0.151 e. The number of imidazole rings is 1. The van der Waals surface area contributed by atoms with Gasteiger partial charge in [0.15, 0.2) is 5.15 Å². The smallest absolute Gasteiger partial charge is 0.151 e. The van der Waals surface area contributed by atoms with Gasteiger partial charge in [0.05, 0.1) is 5.69 Å². The molecule has 0 aliphatic heterocycles. The predicted octanol–water partition coefficient (Wildman–Crippen LogP) is 4.26. The molecule has 1 aliphatic carbocycles. The number of hydrogen-bond acceptors (Lipinski definition) is 2. The van der Waals surface area contributed by atoms with Crippen LogP contribution in [-0.2, 0) is 0 Å². The summed E-state index contributed by atoms with van der Waals surface area (Å²) in [4.78, 5) is 4.51. The maximum absolute atomic E-state index is 6.46. The standard InChI is InChI=1S/C17H24ClN3/c1-4-9-19-13-11-12(17(13,3)5-2)15-16(18)20-14-8-6-7-10-21(14)15/h6-8,10,12-13,19H,4-5,9,11H2,1-3H3. The molecule has 0 spiro atoms. The third kappa shape index (κ3) is 2.27. The van der Waals surface area contributed by atoms with Crippen molar-refractivity contribution in [2.75, 3.05) is 6.54 Å². The summed E-state index contributed by atoms with van der Waals surface area (Å²) in [6.07, 6.45) is 5.55. The Balaban J connectivity index is 1.95. The molecule has 1 saturated carbocycles. The SMILES string of the molecule is CCCNC1CC(c2c(Cl)nc3ccccn23)C1(C)CC. The van der Waals surface area contributed by atoms with Crippen LogP contribution in [0.5, 0.6) is 0 Å². The summed E-state index contributed by atoms with van der Waals surface area (Å²) in [5, 5.41) is 4.36. The van der Waals surface area contributed by atoms with Crippen molar-refractivity contribution >= 4 is 17.2 Å². The fourth-order valence-corrected chi connectivity index (χ4v) is 4.02. The maximum atomic E-state index is 6.46. The van der Waals surface area contributed by atoms with Gasteiger partial charge in [-0.1, -0.05) is 38.4 Å². The summed E-state index contributed by atoms with van der Waals surface area (Å²) < 4.78 is 2.16. The summed E-state index contributed by atoms with van der Waals surface area (Å²) in [5.74, 6) is 0.474. The molecular formula is C17H24ClN3. The van der Waals surface area contributed by atoms with Crippen molar-refractivity contribution in [2.24, 2.45) is 5.41 Å². The molecule has 0 bridgehead atoms. The monoisotopic (exact) mass is 305 g/mol. The third-order valence-electron chi connectivity index (χ3n) is 5.32. The lowest BCUT2D eigenvalue weighted by atomic mass is 9.55. The molecule has 0 aromatic carbocycles. The molecule has 3 unspecified atom stereocenters. The molecule has 0 saturated heterocycles. The Morgan fingerprint density at radius 1 is 1.43 bits per heavy atom. The molecule has 1 N–H and O–H groups in total. The second-order valence-corrected chi connectivity index (χ2v) is 6.73.